The summed E-state index contributed by atoms with van der Waals surface area (Å²) >= 11 is 0. The first kappa shape index (κ1) is 16.0. The molecule has 5 heteroatoms. The number of nitrogens with two attached hydrogens (primary N) is 1. The molecule has 0 atom stereocenters. The molecule has 0 bridgehead atoms. The molecule has 0 saturated heterocycles. The molecule has 2 aromatic carbocycles. The maximum Gasteiger partial charge on any atom is 0.218 e. The van der Waals surface area contributed by atoms with Crippen LogP contribution in [0, 0.1) is 0 Å². The fraction of sp³-hybridized carbons (Fsp3) is 0.158. The van der Waals surface area contributed by atoms with Crippen LogP contribution in [0.15, 0.2) is 66.7 Å². The van der Waals surface area contributed by atoms with E-state index >= 15 is 0 Å². The standard InChI is InChI=1S/C19H19N3O2/c20-19(12-14-7-3-1-4-8-14,13-15-9-5-2-6-10-15)18-21-16(23)11-17(24)22-18/h1-11H,12-13,20H2,(H2,21,22,23,24). The Kier molecular flexibility index (Phi) is 4.44. The Hall–Kier alpha value is -2.92. The lowest BCUT2D eigenvalue weighted by atomic mass is 9.84. The van der Waals surface area contributed by atoms with Crippen molar-refractivity contribution in [2.75, 3.05) is 0 Å². The molecule has 5 nitrogen and oxygen atoms in total. The Labute approximate surface area is 140 Å². The zero-order valence-electron chi connectivity index (χ0n) is 13.1. The number of rotatable bonds is 5. The second-order valence-electron chi connectivity index (χ2n) is 5.89. The van der Waals surface area contributed by atoms with Gasteiger partial charge in [0.05, 0.1) is 11.6 Å². The molecule has 0 unspecified atom stereocenters. The van der Waals surface area contributed by atoms with Gasteiger partial charge in [-0.3, -0.25) is 0 Å². The summed E-state index contributed by atoms with van der Waals surface area (Å²) < 4.78 is 0. The molecule has 0 spiro atoms. The second kappa shape index (κ2) is 6.68. The molecule has 3 rings (SSSR count). The van der Waals surface area contributed by atoms with E-state index in [0.29, 0.717) is 12.8 Å². The molecule has 3 aromatic rings. The number of benzene rings is 2. The highest BCUT2D eigenvalue weighted by Crippen LogP contribution is 2.28. The molecule has 1 heterocycles. The van der Waals surface area contributed by atoms with E-state index in [2.05, 4.69) is 9.97 Å². The van der Waals surface area contributed by atoms with Gasteiger partial charge in [-0.05, 0) is 24.0 Å². The van der Waals surface area contributed by atoms with Crippen LogP contribution in [-0.2, 0) is 18.4 Å². The Balaban J connectivity index is 2.02. The molecule has 0 saturated carbocycles. The first-order valence-electron chi connectivity index (χ1n) is 7.69. The topological polar surface area (TPSA) is 92.3 Å². The van der Waals surface area contributed by atoms with Gasteiger partial charge in [0.2, 0.25) is 11.8 Å². The van der Waals surface area contributed by atoms with Gasteiger partial charge < -0.3 is 15.9 Å². The zero-order chi connectivity index (χ0) is 17.0. The largest absolute Gasteiger partial charge is 0.493 e. The lowest BCUT2D eigenvalue weighted by molar-refractivity contribution is 0.368. The van der Waals surface area contributed by atoms with Crippen molar-refractivity contribution < 1.29 is 10.2 Å². The molecule has 24 heavy (non-hydrogen) atoms. The number of aromatic hydroxyl groups is 2. The third-order valence-electron chi connectivity index (χ3n) is 3.87. The predicted molar refractivity (Wildman–Crippen MR) is 91.5 cm³/mol. The van der Waals surface area contributed by atoms with Gasteiger partial charge in [-0.25, -0.2) is 0 Å². The van der Waals surface area contributed by atoms with Crippen LogP contribution in [0.3, 0.4) is 0 Å². The first-order chi connectivity index (χ1) is 11.5. The van der Waals surface area contributed by atoms with Crippen LogP contribution < -0.4 is 5.73 Å². The van der Waals surface area contributed by atoms with E-state index in [1.54, 1.807) is 0 Å². The summed E-state index contributed by atoms with van der Waals surface area (Å²) in [6.07, 6.45) is 0.956. The van der Waals surface area contributed by atoms with Gasteiger partial charge in [-0.15, -0.1) is 0 Å². The van der Waals surface area contributed by atoms with E-state index in [9.17, 15) is 10.2 Å². The summed E-state index contributed by atoms with van der Waals surface area (Å²) in [5.41, 5.74) is 7.77. The fourth-order valence-corrected chi connectivity index (χ4v) is 2.79. The van der Waals surface area contributed by atoms with E-state index in [1.807, 2.05) is 60.7 Å². The summed E-state index contributed by atoms with van der Waals surface area (Å²) in [5.74, 6) is -0.380. The molecule has 4 N–H and O–H groups in total. The van der Waals surface area contributed by atoms with E-state index in [4.69, 9.17) is 5.73 Å². The van der Waals surface area contributed by atoms with Crippen LogP contribution in [-0.4, -0.2) is 20.2 Å². The molecular formula is C19H19N3O2. The normalized spacial score (nSPS) is 11.4. The summed E-state index contributed by atoms with van der Waals surface area (Å²) in [7, 11) is 0. The molecular weight excluding hydrogens is 302 g/mol. The highest BCUT2D eigenvalue weighted by molar-refractivity contribution is 5.28. The molecule has 0 aliphatic heterocycles. The van der Waals surface area contributed by atoms with Crippen molar-refractivity contribution in [1.82, 2.24) is 9.97 Å². The van der Waals surface area contributed by atoms with Gasteiger partial charge >= 0.3 is 0 Å². The monoisotopic (exact) mass is 321 g/mol. The van der Waals surface area contributed by atoms with Crippen molar-refractivity contribution in [1.29, 1.82) is 0 Å². The Bertz CT molecular complexity index is 746. The SMILES string of the molecule is NC(Cc1ccccc1)(Cc1ccccc1)c1nc(O)cc(O)n1. The van der Waals surface area contributed by atoms with Gasteiger partial charge in [0.15, 0.2) is 5.82 Å². The summed E-state index contributed by atoms with van der Waals surface area (Å²) in [5, 5.41) is 19.4. The van der Waals surface area contributed by atoms with Crippen molar-refractivity contribution in [3.63, 3.8) is 0 Å². The van der Waals surface area contributed by atoms with E-state index in [-0.39, 0.29) is 17.6 Å². The number of hydrogen-bond donors (Lipinski definition) is 3. The average Bonchev–Trinajstić information content (AvgIpc) is 2.56. The minimum absolute atomic E-state index is 0.215. The minimum Gasteiger partial charge on any atom is -0.493 e. The van der Waals surface area contributed by atoms with Crippen LogP contribution in [0.2, 0.25) is 0 Å². The van der Waals surface area contributed by atoms with E-state index < -0.39 is 5.54 Å². The van der Waals surface area contributed by atoms with Crippen molar-refractivity contribution in [3.8, 4) is 11.8 Å². The van der Waals surface area contributed by atoms with Crippen molar-refractivity contribution in [2.45, 2.75) is 18.4 Å². The maximum absolute atomic E-state index is 9.72. The Morgan fingerprint density at radius 1 is 0.750 bits per heavy atom. The van der Waals surface area contributed by atoms with Crippen LogP contribution in [0.1, 0.15) is 17.0 Å². The molecule has 0 aliphatic rings. The van der Waals surface area contributed by atoms with Crippen LogP contribution >= 0.6 is 0 Å². The highest BCUT2D eigenvalue weighted by atomic mass is 16.3. The minimum atomic E-state index is -0.959. The van der Waals surface area contributed by atoms with Crippen LogP contribution in [0.4, 0.5) is 0 Å². The Morgan fingerprint density at radius 2 is 1.17 bits per heavy atom. The predicted octanol–water partition coefficient (Wildman–Crippen LogP) is 2.53. The molecule has 0 aliphatic carbocycles. The summed E-state index contributed by atoms with van der Waals surface area (Å²) in [6, 6.07) is 20.7. The van der Waals surface area contributed by atoms with Gasteiger partial charge in [0.25, 0.3) is 0 Å². The van der Waals surface area contributed by atoms with Gasteiger partial charge in [-0.2, -0.15) is 9.97 Å². The lowest BCUT2D eigenvalue weighted by Crippen LogP contribution is -2.43. The Morgan fingerprint density at radius 3 is 1.58 bits per heavy atom. The van der Waals surface area contributed by atoms with Crippen molar-refractivity contribution in [2.24, 2.45) is 5.73 Å². The third kappa shape index (κ3) is 3.70. The number of hydrogen-bond acceptors (Lipinski definition) is 5. The second-order valence-corrected chi connectivity index (χ2v) is 5.89. The third-order valence-corrected chi connectivity index (χ3v) is 3.87. The average molecular weight is 321 g/mol. The fourth-order valence-electron chi connectivity index (χ4n) is 2.79. The maximum atomic E-state index is 9.72. The molecule has 122 valence electrons. The molecule has 0 fully saturated rings. The van der Waals surface area contributed by atoms with E-state index in [1.165, 1.54) is 0 Å². The van der Waals surface area contributed by atoms with Crippen LogP contribution in [0.25, 0.3) is 0 Å². The first-order valence-corrected chi connectivity index (χ1v) is 7.69. The lowest BCUT2D eigenvalue weighted by Gasteiger charge is -2.28. The number of nitrogens with zero attached hydrogens (tertiary/aromatic N) is 2. The molecule has 0 radical (unpaired) electrons. The smallest absolute Gasteiger partial charge is 0.218 e. The highest BCUT2D eigenvalue weighted by Gasteiger charge is 2.32. The number of aromatic nitrogens is 2. The summed E-state index contributed by atoms with van der Waals surface area (Å²) in [4.78, 5) is 8.12. The van der Waals surface area contributed by atoms with Crippen LogP contribution in [0.5, 0.6) is 11.8 Å². The van der Waals surface area contributed by atoms with Gasteiger partial charge in [0.1, 0.15) is 0 Å². The zero-order valence-corrected chi connectivity index (χ0v) is 13.1. The van der Waals surface area contributed by atoms with Crippen molar-refractivity contribution >= 4 is 0 Å². The molecule has 0 amide bonds. The van der Waals surface area contributed by atoms with Gasteiger partial charge in [-0.1, -0.05) is 60.7 Å². The van der Waals surface area contributed by atoms with Crippen molar-refractivity contribution in [3.05, 3.63) is 83.7 Å². The summed E-state index contributed by atoms with van der Waals surface area (Å²) in [6.45, 7) is 0. The van der Waals surface area contributed by atoms with Gasteiger partial charge in [0, 0.05) is 0 Å². The molecule has 1 aromatic heterocycles. The quantitative estimate of drug-likeness (QED) is 0.671. The van der Waals surface area contributed by atoms with E-state index in [0.717, 1.165) is 17.2 Å².